The molecule has 0 aromatic carbocycles. The van der Waals surface area contributed by atoms with Crippen LogP contribution in [-0.4, -0.2) is 77.8 Å². The van der Waals surface area contributed by atoms with Gasteiger partial charge in [0.25, 0.3) is 5.91 Å². The van der Waals surface area contributed by atoms with Crippen LogP contribution in [-0.2, 0) is 19.2 Å². The van der Waals surface area contributed by atoms with Crippen molar-refractivity contribution in [3.05, 3.63) is 30.1 Å². The van der Waals surface area contributed by atoms with Gasteiger partial charge in [-0.25, -0.2) is 0 Å². The highest BCUT2D eigenvalue weighted by Gasteiger charge is 2.31. The number of carbonyl (C=O) groups excluding carboxylic acids is 5. The van der Waals surface area contributed by atoms with E-state index < -0.39 is 30.1 Å². The minimum Gasteiger partial charge on any atom is -0.355 e. The average Bonchev–Trinajstić information content (AvgIpc) is 2.97. The number of nitrogens with zero attached hydrogens (tertiary/aromatic N) is 1. The third-order valence-corrected chi connectivity index (χ3v) is 7.20. The molecule has 0 aliphatic carbocycles. The van der Waals surface area contributed by atoms with Gasteiger partial charge in [-0.05, 0) is 57.6 Å². The molecular weight excluding hydrogens is 550 g/mol. The zero-order chi connectivity index (χ0) is 32.5. The summed E-state index contributed by atoms with van der Waals surface area (Å²) in [5.74, 6) is -1.63. The zero-order valence-corrected chi connectivity index (χ0v) is 27.1. The molecule has 0 saturated carbocycles. The number of likely N-dealkylation sites (N-methyl/N-ethyl adjacent to an activating group) is 1. The minimum atomic E-state index is -0.827. The first kappa shape index (κ1) is 37.5. The Morgan fingerprint density at radius 2 is 1.42 bits per heavy atom. The number of rotatable bonds is 19. The number of carbonyl (C=O) groups is 5. The molecule has 0 spiro atoms. The lowest BCUT2D eigenvalue weighted by Crippen LogP contribution is -2.58. The van der Waals surface area contributed by atoms with Crippen LogP contribution < -0.4 is 31.9 Å². The fourth-order valence-corrected chi connectivity index (χ4v) is 4.46. The van der Waals surface area contributed by atoms with Crippen LogP contribution in [0.25, 0.3) is 0 Å². The van der Waals surface area contributed by atoms with Gasteiger partial charge in [0.05, 0.1) is 6.04 Å². The molecule has 43 heavy (non-hydrogen) atoms. The molecule has 12 nitrogen and oxygen atoms in total. The van der Waals surface area contributed by atoms with E-state index in [1.807, 2.05) is 41.5 Å². The van der Waals surface area contributed by atoms with Crippen molar-refractivity contribution in [2.24, 2.45) is 11.8 Å². The number of nitrogens with one attached hydrogen (secondary N) is 6. The van der Waals surface area contributed by atoms with Gasteiger partial charge >= 0.3 is 0 Å². The van der Waals surface area contributed by atoms with Crippen molar-refractivity contribution in [1.82, 2.24) is 36.9 Å². The van der Waals surface area contributed by atoms with E-state index in [4.69, 9.17) is 0 Å². The number of pyridine rings is 1. The zero-order valence-electron chi connectivity index (χ0n) is 27.1. The molecule has 0 aliphatic rings. The molecule has 12 heteroatoms. The largest absolute Gasteiger partial charge is 0.355 e. The van der Waals surface area contributed by atoms with Crippen molar-refractivity contribution in [1.29, 1.82) is 0 Å². The maximum Gasteiger partial charge on any atom is 0.252 e. The molecule has 6 N–H and O–H groups in total. The highest BCUT2D eigenvalue weighted by molar-refractivity contribution is 5.98. The lowest BCUT2D eigenvalue weighted by molar-refractivity contribution is -0.131. The van der Waals surface area contributed by atoms with Gasteiger partial charge in [0.2, 0.25) is 23.6 Å². The normalized spacial score (nSPS) is 15.3. The molecule has 0 fully saturated rings. The van der Waals surface area contributed by atoms with Gasteiger partial charge < -0.3 is 31.9 Å². The van der Waals surface area contributed by atoms with Gasteiger partial charge in [0.1, 0.15) is 18.1 Å². The van der Waals surface area contributed by atoms with Crippen LogP contribution in [0, 0.1) is 11.8 Å². The molecule has 0 saturated heterocycles. The van der Waals surface area contributed by atoms with E-state index >= 15 is 0 Å². The molecule has 5 amide bonds. The van der Waals surface area contributed by atoms with Gasteiger partial charge in [0, 0.05) is 37.1 Å². The van der Waals surface area contributed by atoms with Gasteiger partial charge in [0.15, 0.2) is 0 Å². The highest BCUT2D eigenvalue weighted by Crippen LogP contribution is 2.12. The summed E-state index contributed by atoms with van der Waals surface area (Å²) in [7, 11) is 0. The van der Waals surface area contributed by atoms with E-state index in [1.54, 1.807) is 26.0 Å². The van der Waals surface area contributed by atoms with Crippen molar-refractivity contribution >= 4 is 29.5 Å². The monoisotopic (exact) mass is 603 g/mol. The second kappa shape index (κ2) is 19.6. The fourth-order valence-electron chi connectivity index (χ4n) is 4.46. The summed E-state index contributed by atoms with van der Waals surface area (Å²) in [6.45, 7) is 15.7. The smallest absolute Gasteiger partial charge is 0.252 e. The van der Waals surface area contributed by atoms with Crippen molar-refractivity contribution < 1.29 is 24.0 Å². The molecule has 1 rings (SSSR count). The second-order valence-corrected chi connectivity index (χ2v) is 11.5. The third kappa shape index (κ3) is 13.5. The molecule has 4 unspecified atom stereocenters. The number of hydrogen-bond acceptors (Lipinski definition) is 7. The quantitative estimate of drug-likeness (QED) is 0.140. The average molecular weight is 604 g/mol. The summed E-state index contributed by atoms with van der Waals surface area (Å²) in [5.41, 5.74) is 0.393. The first-order valence-corrected chi connectivity index (χ1v) is 15.5. The predicted octanol–water partition coefficient (Wildman–Crippen LogP) is 1.66. The fraction of sp³-hybridized carbons (Fsp3) is 0.677. The number of aromatic nitrogens is 1. The molecule has 0 radical (unpaired) electrons. The number of amides is 5. The van der Waals surface area contributed by atoms with Crippen molar-refractivity contribution in [2.45, 2.75) is 111 Å². The van der Waals surface area contributed by atoms with E-state index in [2.05, 4.69) is 36.9 Å². The Bertz CT molecular complexity index is 1040. The van der Waals surface area contributed by atoms with Crippen LogP contribution in [0.15, 0.2) is 24.5 Å². The van der Waals surface area contributed by atoms with Crippen LogP contribution in [0.3, 0.4) is 0 Å². The Balaban J connectivity index is 2.91. The molecule has 1 heterocycles. The summed E-state index contributed by atoms with van der Waals surface area (Å²) in [4.78, 5) is 68.2. The summed E-state index contributed by atoms with van der Waals surface area (Å²) in [6.07, 6.45) is 5.39. The van der Waals surface area contributed by atoms with Gasteiger partial charge in [-0.1, -0.05) is 47.5 Å². The molecule has 242 valence electrons. The molecule has 0 aliphatic heterocycles. The summed E-state index contributed by atoms with van der Waals surface area (Å²) >= 11 is 0. The molecule has 0 bridgehead atoms. The minimum absolute atomic E-state index is 0.169. The topological polar surface area (TPSA) is 170 Å². The van der Waals surface area contributed by atoms with E-state index in [1.165, 1.54) is 12.4 Å². The first-order valence-electron chi connectivity index (χ1n) is 15.5. The van der Waals surface area contributed by atoms with Crippen LogP contribution in [0.1, 0.15) is 91.4 Å². The van der Waals surface area contributed by atoms with Crippen molar-refractivity contribution in [3.63, 3.8) is 0 Å². The predicted molar refractivity (Wildman–Crippen MR) is 167 cm³/mol. The maximum atomic E-state index is 13.5. The van der Waals surface area contributed by atoms with Crippen molar-refractivity contribution in [3.8, 4) is 0 Å². The standard InChI is InChI=1S/C31H53N7O5/c1-9-12-25(37-31(43)26(20(6)10-2)38-29(41)23-13-15-32-16-14-23)30(42)36-24(17-19(4)5)18-34-21(7)28(40)35-22(8)27(39)33-11-3/h13-16,19-22,24-26,34H,9-12,17-18H2,1-8H3,(H,33,39)(H,35,40)(H,36,42)(H,37,43)(H,38,41)/t20?,21-,22?,24?,25-,26?/m0/s1. The van der Waals surface area contributed by atoms with E-state index in [0.717, 1.165) is 0 Å². The molecular formula is C31H53N7O5. The van der Waals surface area contributed by atoms with E-state index in [9.17, 15) is 24.0 Å². The Morgan fingerprint density at radius 1 is 0.767 bits per heavy atom. The van der Waals surface area contributed by atoms with Gasteiger partial charge in [-0.2, -0.15) is 0 Å². The van der Waals surface area contributed by atoms with Gasteiger partial charge in [-0.15, -0.1) is 0 Å². The van der Waals surface area contributed by atoms with Crippen LogP contribution in [0.4, 0.5) is 0 Å². The van der Waals surface area contributed by atoms with Gasteiger partial charge in [-0.3, -0.25) is 29.0 Å². The Morgan fingerprint density at radius 3 is 1.98 bits per heavy atom. The Kier molecular flexibility index (Phi) is 17.1. The lowest BCUT2D eigenvalue weighted by Gasteiger charge is -2.28. The molecule has 1 aromatic heterocycles. The number of hydrogen-bond donors (Lipinski definition) is 6. The molecule has 1 aromatic rings. The third-order valence-electron chi connectivity index (χ3n) is 7.20. The van der Waals surface area contributed by atoms with Crippen molar-refractivity contribution in [2.75, 3.05) is 13.1 Å². The summed E-state index contributed by atoms with van der Waals surface area (Å²) in [6, 6.07) is -0.0552. The molecule has 6 atom stereocenters. The first-order chi connectivity index (χ1) is 20.3. The highest BCUT2D eigenvalue weighted by atomic mass is 16.2. The maximum absolute atomic E-state index is 13.5. The van der Waals surface area contributed by atoms with E-state index in [-0.39, 0.29) is 41.5 Å². The van der Waals surface area contributed by atoms with Crippen LogP contribution >= 0.6 is 0 Å². The SMILES string of the molecule is CCC[C@H](NC(=O)C(NC(=O)c1ccncc1)C(C)CC)C(=O)NC(CN[C@@H](C)C(=O)NC(C)C(=O)NCC)CC(C)C. The Hall–Kier alpha value is -3.54. The lowest BCUT2D eigenvalue weighted by atomic mass is 9.97. The second-order valence-electron chi connectivity index (χ2n) is 11.5. The summed E-state index contributed by atoms with van der Waals surface area (Å²) in [5, 5.41) is 17.3. The van der Waals surface area contributed by atoms with Crippen LogP contribution in [0.2, 0.25) is 0 Å². The Labute approximate surface area is 256 Å². The summed E-state index contributed by atoms with van der Waals surface area (Å²) < 4.78 is 0. The van der Waals surface area contributed by atoms with Crippen LogP contribution in [0.5, 0.6) is 0 Å². The van der Waals surface area contributed by atoms with E-state index in [0.29, 0.717) is 44.3 Å².